The van der Waals surface area contributed by atoms with Gasteiger partial charge in [-0.15, -0.1) is 0 Å². The number of aryl methyl sites for hydroxylation is 2. The summed E-state index contributed by atoms with van der Waals surface area (Å²) in [5, 5.41) is 6.28. The quantitative estimate of drug-likeness (QED) is 0.718. The summed E-state index contributed by atoms with van der Waals surface area (Å²) in [6.07, 6.45) is 3.64. The van der Waals surface area contributed by atoms with Crippen molar-refractivity contribution in [3.8, 4) is 0 Å². The number of urea groups is 1. The van der Waals surface area contributed by atoms with Crippen LogP contribution in [0.5, 0.6) is 0 Å². The summed E-state index contributed by atoms with van der Waals surface area (Å²) < 4.78 is 0. The molecule has 180 valence electrons. The third kappa shape index (κ3) is 4.93. The molecule has 0 aromatic heterocycles. The van der Waals surface area contributed by atoms with Gasteiger partial charge in [-0.05, 0) is 55.4 Å². The normalized spacial score (nSPS) is 16.6. The summed E-state index contributed by atoms with van der Waals surface area (Å²) >= 11 is 0. The van der Waals surface area contributed by atoms with E-state index in [0.29, 0.717) is 44.6 Å². The fourth-order valence-electron chi connectivity index (χ4n) is 4.93. The Balaban J connectivity index is 1.39. The molecule has 0 unspecified atom stereocenters. The molecule has 2 aliphatic heterocycles. The molecule has 1 N–H and O–H groups in total. The maximum absolute atomic E-state index is 13.4. The highest BCUT2D eigenvalue weighted by molar-refractivity contribution is 5.95. The van der Waals surface area contributed by atoms with E-state index in [1.165, 1.54) is 0 Å². The summed E-state index contributed by atoms with van der Waals surface area (Å²) in [6.45, 7) is 6.32. The zero-order valence-corrected chi connectivity index (χ0v) is 20.1. The number of rotatable bonds is 5. The smallest absolute Gasteiger partial charge is 0.339 e. The number of nitrogens with zero attached hydrogens (tertiary/aromatic N) is 3. The molecule has 2 aliphatic rings. The minimum atomic E-state index is -0.252. The van der Waals surface area contributed by atoms with Crippen LogP contribution < -0.4 is 5.32 Å². The zero-order valence-electron chi connectivity index (χ0n) is 20.1. The zero-order chi connectivity index (χ0) is 24.1. The number of hydrogen-bond acceptors (Lipinski definition) is 3. The van der Waals surface area contributed by atoms with Crippen molar-refractivity contribution in [2.24, 2.45) is 5.92 Å². The molecule has 7 nitrogen and oxygen atoms in total. The van der Waals surface area contributed by atoms with Gasteiger partial charge in [0.15, 0.2) is 0 Å². The lowest BCUT2D eigenvalue weighted by Crippen LogP contribution is -2.51. The van der Waals surface area contributed by atoms with E-state index >= 15 is 0 Å². The second-order valence-corrected chi connectivity index (χ2v) is 8.96. The molecule has 4 rings (SSSR count). The number of nitrogens with one attached hydrogen (secondary N) is 1. The van der Waals surface area contributed by atoms with Gasteiger partial charge in [0.25, 0.3) is 5.91 Å². The van der Waals surface area contributed by atoms with Gasteiger partial charge < -0.3 is 10.2 Å². The molecule has 7 heteroatoms. The number of hydrazine groups is 1. The first-order valence-corrected chi connectivity index (χ1v) is 12.4. The average molecular weight is 463 g/mol. The molecule has 4 amide bonds. The molecule has 0 radical (unpaired) electrons. The van der Waals surface area contributed by atoms with Gasteiger partial charge in [0.05, 0.1) is 0 Å². The van der Waals surface area contributed by atoms with E-state index in [0.717, 1.165) is 36.1 Å². The van der Waals surface area contributed by atoms with Crippen molar-refractivity contribution in [3.05, 3.63) is 65.2 Å². The van der Waals surface area contributed by atoms with E-state index < -0.39 is 0 Å². The highest BCUT2D eigenvalue weighted by atomic mass is 16.2. The van der Waals surface area contributed by atoms with Crippen LogP contribution in [0.25, 0.3) is 0 Å². The predicted octanol–water partition coefficient (Wildman–Crippen LogP) is 4.35. The molecule has 2 aromatic carbocycles. The van der Waals surface area contributed by atoms with Gasteiger partial charge in [-0.3, -0.25) is 9.59 Å². The number of anilines is 1. The first kappa shape index (κ1) is 23.8. The molecule has 0 spiro atoms. The van der Waals surface area contributed by atoms with Crippen molar-refractivity contribution >= 4 is 23.5 Å². The summed E-state index contributed by atoms with van der Waals surface area (Å²) in [4.78, 5) is 41.1. The van der Waals surface area contributed by atoms with E-state index in [2.05, 4.69) is 19.2 Å². The Hall–Kier alpha value is -3.35. The fourth-order valence-corrected chi connectivity index (χ4v) is 4.93. The van der Waals surface area contributed by atoms with Gasteiger partial charge in [-0.1, -0.05) is 50.2 Å². The number of piperidine rings is 1. The number of para-hydroxylation sites is 1. The van der Waals surface area contributed by atoms with Crippen LogP contribution >= 0.6 is 0 Å². The summed E-state index contributed by atoms with van der Waals surface area (Å²) in [5.74, 6) is -0.184. The molecule has 2 fully saturated rings. The second-order valence-electron chi connectivity index (χ2n) is 8.96. The van der Waals surface area contributed by atoms with Crippen LogP contribution in [-0.2, 0) is 17.6 Å². The molecule has 34 heavy (non-hydrogen) atoms. The first-order chi connectivity index (χ1) is 16.5. The SMILES string of the molecule is CCc1cccc(CC)c1NC(=O)N1CCCN1C(=O)C1CCN(C(=O)c2ccccc2)CC1. The van der Waals surface area contributed by atoms with Crippen molar-refractivity contribution in [3.63, 3.8) is 0 Å². The van der Waals surface area contributed by atoms with E-state index in [9.17, 15) is 14.4 Å². The minimum absolute atomic E-state index is 0.00925. The van der Waals surface area contributed by atoms with Gasteiger partial charge in [0.2, 0.25) is 5.91 Å². The van der Waals surface area contributed by atoms with Crippen molar-refractivity contribution in [1.29, 1.82) is 0 Å². The van der Waals surface area contributed by atoms with E-state index in [4.69, 9.17) is 0 Å². The number of benzene rings is 2. The largest absolute Gasteiger partial charge is 0.340 e. The Morgan fingerprint density at radius 2 is 1.44 bits per heavy atom. The molecular weight excluding hydrogens is 428 g/mol. The van der Waals surface area contributed by atoms with Crippen LogP contribution in [0.3, 0.4) is 0 Å². The van der Waals surface area contributed by atoms with Crippen molar-refractivity contribution in [2.75, 3.05) is 31.5 Å². The Kier molecular flexibility index (Phi) is 7.50. The van der Waals surface area contributed by atoms with Crippen molar-refractivity contribution in [2.45, 2.75) is 46.0 Å². The molecule has 2 aromatic rings. The molecule has 0 saturated carbocycles. The maximum atomic E-state index is 13.4. The summed E-state index contributed by atoms with van der Waals surface area (Å²) in [5.41, 5.74) is 3.73. The Bertz CT molecular complexity index is 1010. The van der Waals surface area contributed by atoms with Crippen LogP contribution in [0.15, 0.2) is 48.5 Å². The lowest BCUT2D eigenvalue weighted by Gasteiger charge is -2.35. The van der Waals surface area contributed by atoms with E-state index in [-0.39, 0.29) is 23.8 Å². The molecular formula is C27H34N4O3. The van der Waals surface area contributed by atoms with Crippen LogP contribution in [-0.4, -0.2) is 58.9 Å². The molecule has 2 heterocycles. The van der Waals surface area contributed by atoms with Gasteiger partial charge in [-0.2, -0.15) is 0 Å². The molecule has 0 bridgehead atoms. The average Bonchev–Trinajstić information content (AvgIpc) is 3.39. The lowest BCUT2D eigenvalue weighted by atomic mass is 9.95. The van der Waals surface area contributed by atoms with Gasteiger partial charge in [0.1, 0.15) is 0 Å². The van der Waals surface area contributed by atoms with Gasteiger partial charge in [-0.25, -0.2) is 14.8 Å². The number of carbonyl (C=O) groups excluding carboxylic acids is 3. The minimum Gasteiger partial charge on any atom is -0.339 e. The number of carbonyl (C=O) groups is 3. The highest BCUT2D eigenvalue weighted by Gasteiger charge is 2.37. The third-order valence-corrected chi connectivity index (χ3v) is 6.90. The van der Waals surface area contributed by atoms with Crippen LogP contribution in [0.1, 0.15) is 54.6 Å². The lowest BCUT2D eigenvalue weighted by molar-refractivity contribution is -0.145. The monoisotopic (exact) mass is 462 g/mol. The van der Waals surface area contributed by atoms with Crippen LogP contribution in [0.2, 0.25) is 0 Å². The topological polar surface area (TPSA) is 73.0 Å². The van der Waals surface area contributed by atoms with Gasteiger partial charge in [0, 0.05) is 43.3 Å². The number of hydrogen-bond donors (Lipinski definition) is 1. The molecule has 0 aliphatic carbocycles. The second kappa shape index (κ2) is 10.7. The van der Waals surface area contributed by atoms with Gasteiger partial charge >= 0.3 is 6.03 Å². The number of likely N-dealkylation sites (tertiary alicyclic amines) is 1. The maximum Gasteiger partial charge on any atom is 0.340 e. The first-order valence-electron chi connectivity index (χ1n) is 12.4. The third-order valence-electron chi connectivity index (χ3n) is 6.90. The number of amides is 4. The highest BCUT2D eigenvalue weighted by Crippen LogP contribution is 2.26. The fraction of sp³-hybridized carbons (Fsp3) is 0.444. The van der Waals surface area contributed by atoms with Crippen LogP contribution in [0.4, 0.5) is 10.5 Å². The van der Waals surface area contributed by atoms with E-state index in [1.807, 2.05) is 53.4 Å². The molecule has 2 saturated heterocycles. The standard InChI is InChI=1S/C27H34N4O3/c1-3-20-12-8-13-21(4-2)24(20)28-27(34)31-17-9-16-30(31)26(33)23-14-18-29(19-15-23)25(32)22-10-6-5-7-11-22/h5-8,10-13,23H,3-4,9,14-19H2,1-2H3,(H,28,34). The van der Waals surface area contributed by atoms with E-state index in [1.54, 1.807) is 10.0 Å². The summed E-state index contributed by atoms with van der Waals surface area (Å²) in [6, 6.07) is 15.1. The Morgan fingerprint density at radius 1 is 0.824 bits per heavy atom. The molecule has 0 atom stereocenters. The predicted molar refractivity (Wildman–Crippen MR) is 132 cm³/mol. The summed E-state index contributed by atoms with van der Waals surface area (Å²) in [7, 11) is 0. The Labute approximate surface area is 201 Å². The van der Waals surface area contributed by atoms with Crippen molar-refractivity contribution in [1.82, 2.24) is 14.9 Å². The van der Waals surface area contributed by atoms with Crippen molar-refractivity contribution < 1.29 is 14.4 Å². The van der Waals surface area contributed by atoms with Crippen LogP contribution in [0, 0.1) is 5.92 Å². The Morgan fingerprint density at radius 3 is 2.06 bits per heavy atom.